The van der Waals surface area contributed by atoms with Crippen molar-refractivity contribution in [1.29, 1.82) is 0 Å². The second-order valence-electron chi connectivity index (χ2n) is 7.52. The summed E-state index contributed by atoms with van der Waals surface area (Å²) in [6, 6.07) is 9.89. The zero-order valence-electron chi connectivity index (χ0n) is 16.7. The molecular weight excluding hydrogens is 413 g/mol. The fourth-order valence-electron chi connectivity index (χ4n) is 3.99. The Morgan fingerprint density at radius 1 is 1.13 bits per heavy atom. The van der Waals surface area contributed by atoms with E-state index in [0.29, 0.717) is 27.5 Å². The highest BCUT2D eigenvalue weighted by molar-refractivity contribution is 7.90. The van der Waals surface area contributed by atoms with Gasteiger partial charge in [0.15, 0.2) is 17.2 Å². The molecule has 3 N–H and O–H groups in total. The lowest BCUT2D eigenvalue weighted by molar-refractivity contribution is 0.165. The smallest absolute Gasteiger partial charge is 0.269 e. The van der Waals surface area contributed by atoms with E-state index < -0.39 is 10.0 Å². The lowest BCUT2D eigenvalue weighted by Crippen LogP contribution is -2.34. The number of hydrogen-bond donors (Lipinski definition) is 2. The third kappa shape index (κ3) is 3.32. The van der Waals surface area contributed by atoms with Gasteiger partial charge in [-0.1, -0.05) is 29.7 Å². The van der Waals surface area contributed by atoms with Crippen molar-refractivity contribution in [2.45, 2.75) is 23.8 Å². The molecule has 0 unspecified atom stereocenters. The van der Waals surface area contributed by atoms with Crippen molar-refractivity contribution < 1.29 is 13.2 Å². The normalized spacial score (nSPS) is 15.5. The molecule has 8 nitrogen and oxygen atoms in total. The van der Waals surface area contributed by atoms with Crippen LogP contribution in [0.25, 0.3) is 21.9 Å². The van der Waals surface area contributed by atoms with Gasteiger partial charge in [-0.05, 0) is 38.1 Å². The number of anilines is 1. The Morgan fingerprint density at radius 2 is 1.87 bits per heavy atom. The third-order valence-corrected chi connectivity index (χ3v) is 7.18. The molecule has 10 heteroatoms. The van der Waals surface area contributed by atoms with Crippen LogP contribution in [0.4, 0.5) is 5.82 Å². The molecule has 0 atom stereocenters. The predicted octanol–water partition coefficient (Wildman–Crippen LogP) is 1.33. The van der Waals surface area contributed by atoms with Gasteiger partial charge in [-0.3, -0.25) is 0 Å². The topological polar surface area (TPSA) is 112 Å². The van der Waals surface area contributed by atoms with Crippen molar-refractivity contribution in [3.8, 4) is 5.75 Å². The van der Waals surface area contributed by atoms with Crippen LogP contribution in [0.5, 0.6) is 5.75 Å². The van der Waals surface area contributed by atoms with Crippen LogP contribution in [-0.4, -0.2) is 49.4 Å². The van der Waals surface area contributed by atoms with Crippen LogP contribution in [0.15, 0.2) is 53.7 Å². The lowest BCUT2D eigenvalue weighted by Gasteiger charge is -2.24. The fourth-order valence-corrected chi connectivity index (χ4v) is 5.47. The van der Waals surface area contributed by atoms with Crippen LogP contribution in [0.3, 0.4) is 0 Å². The zero-order valence-corrected chi connectivity index (χ0v) is 17.5. The highest BCUT2D eigenvalue weighted by Crippen LogP contribution is 2.39. The number of nitrogen functional groups attached to an aromatic ring is 1. The number of hydrogen-bond acceptors (Lipinski definition) is 7. The molecule has 4 heterocycles. The maximum Gasteiger partial charge on any atom is 0.269 e. The number of fused-ring (bicyclic) bond motifs is 3. The van der Waals surface area contributed by atoms with Gasteiger partial charge in [0.1, 0.15) is 14.0 Å². The van der Waals surface area contributed by atoms with Gasteiger partial charge >= 0.3 is 0 Å². The molecule has 5 rings (SSSR count). The summed E-state index contributed by atoms with van der Waals surface area (Å²) in [5, 5.41) is 4.39. The Balaban J connectivity index is 1.82. The predicted molar refractivity (Wildman–Crippen MR) is 120 cm³/mol. The second-order valence-corrected chi connectivity index (χ2v) is 9.31. The van der Waals surface area contributed by atoms with Crippen LogP contribution in [0.2, 0.25) is 0 Å². The van der Waals surface area contributed by atoms with E-state index in [2.05, 4.69) is 15.3 Å². The molecule has 0 bridgehead atoms. The first-order valence-electron chi connectivity index (χ1n) is 9.99. The Labute approximate surface area is 180 Å². The van der Waals surface area contributed by atoms with E-state index in [4.69, 9.17) is 18.3 Å². The molecule has 0 aliphatic carbocycles. The molecule has 4 aromatic rings. The number of pyridine rings is 2. The molecule has 1 saturated heterocycles. The Morgan fingerprint density at radius 3 is 2.61 bits per heavy atom. The van der Waals surface area contributed by atoms with E-state index in [1.54, 1.807) is 36.4 Å². The summed E-state index contributed by atoms with van der Waals surface area (Å²) < 4.78 is 34.6. The lowest BCUT2D eigenvalue weighted by atomic mass is 9.97. The number of rotatable bonds is 4. The van der Waals surface area contributed by atoms with E-state index in [1.807, 2.05) is 0 Å². The van der Waals surface area contributed by atoms with Gasteiger partial charge < -0.3 is 15.8 Å². The van der Waals surface area contributed by atoms with Gasteiger partial charge in [-0.15, -0.1) is 0 Å². The standard InChI is InChI=1S/C21H20BN5O3S/c22-13-10-16-18-17(12-25-20(23)19(18)30-14-6-8-24-9-7-14)27(21(16)26-11-13)31(28,29)15-4-2-1-3-5-15/h1-5,10-12,14,24H,6-9H2,(H2,23,25). The average molecular weight is 433 g/mol. The SMILES string of the molecule is [B]c1cnc2c(c1)c1c(OC3CCNCC3)c(N)ncc1n2S(=O)(=O)c1ccccc1. The second kappa shape index (κ2) is 7.54. The van der Waals surface area contributed by atoms with E-state index in [-0.39, 0.29) is 22.5 Å². The highest BCUT2D eigenvalue weighted by atomic mass is 32.2. The van der Waals surface area contributed by atoms with Crippen molar-refractivity contribution in [1.82, 2.24) is 19.3 Å². The largest absolute Gasteiger partial charge is 0.486 e. The minimum absolute atomic E-state index is 0.0471. The first-order chi connectivity index (χ1) is 15.0. The number of nitrogens with zero attached hydrogens (tertiary/aromatic N) is 3. The molecule has 1 aromatic carbocycles. The van der Waals surface area contributed by atoms with E-state index in [9.17, 15) is 8.42 Å². The van der Waals surface area contributed by atoms with Gasteiger partial charge in [0.05, 0.1) is 22.0 Å². The van der Waals surface area contributed by atoms with Gasteiger partial charge in [-0.25, -0.2) is 22.4 Å². The van der Waals surface area contributed by atoms with Crippen molar-refractivity contribution in [2.75, 3.05) is 18.8 Å². The van der Waals surface area contributed by atoms with E-state index >= 15 is 0 Å². The van der Waals surface area contributed by atoms with Crippen molar-refractivity contribution in [3.63, 3.8) is 0 Å². The highest BCUT2D eigenvalue weighted by Gasteiger charge is 2.28. The van der Waals surface area contributed by atoms with Crippen LogP contribution in [0, 0.1) is 0 Å². The summed E-state index contributed by atoms with van der Waals surface area (Å²) in [6.45, 7) is 1.68. The minimum atomic E-state index is -3.96. The quantitative estimate of drug-likeness (QED) is 0.467. The van der Waals surface area contributed by atoms with Gasteiger partial charge in [0, 0.05) is 11.6 Å². The maximum atomic E-state index is 13.6. The number of nitrogens with two attached hydrogens (primary N) is 1. The summed E-state index contributed by atoms with van der Waals surface area (Å²) in [5.41, 5.74) is 7.20. The van der Waals surface area contributed by atoms with Crippen LogP contribution >= 0.6 is 0 Å². The molecular formula is C21H20BN5O3S. The molecule has 1 aliphatic rings. The number of ether oxygens (including phenoxy) is 1. The summed E-state index contributed by atoms with van der Waals surface area (Å²) in [6.07, 6.45) is 4.46. The van der Waals surface area contributed by atoms with Crippen molar-refractivity contribution in [2.24, 2.45) is 0 Å². The van der Waals surface area contributed by atoms with Crippen LogP contribution in [-0.2, 0) is 10.0 Å². The first-order valence-corrected chi connectivity index (χ1v) is 11.4. The maximum absolute atomic E-state index is 13.6. The summed E-state index contributed by atoms with van der Waals surface area (Å²) in [7, 11) is 2.04. The van der Waals surface area contributed by atoms with Crippen LogP contribution < -0.4 is 21.3 Å². The van der Waals surface area contributed by atoms with E-state index in [1.165, 1.54) is 16.4 Å². The van der Waals surface area contributed by atoms with Crippen LogP contribution in [0.1, 0.15) is 12.8 Å². The molecule has 3 aromatic heterocycles. The Bertz CT molecular complexity index is 1380. The van der Waals surface area contributed by atoms with Crippen molar-refractivity contribution >= 4 is 51.1 Å². The monoisotopic (exact) mass is 433 g/mol. The number of benzene rings is 1. The van der Waals surface area contributed by atoms with Gasteiger partial charge in [0.25, 0.3) is 10.0 Å². The summed E-state index contributed by atoms with van der Waals surface area (Å²) >= 11 is 0. The first kappa shape index (κ1) is 19.8. The van der Waals surface area contributed by atoms with Crippen molar-refractivity contribution in [3.05, 3.63) is 48.8 Å². The fraction of sp³-hybridized carbons (Fsp3) is 0.238. The molecule has 31 heavy (non-hydrogen) atoms. The molecule has 0 saturated carbocycles. The summed E-state index contributed by atoms with van der Waals surface area (Å²) in [4.78, 5) is 8.75. The number of piperidine rings is 1. The average Bonchev–Trinajstić information content (AvgIpc) is 3.11. The van der Waals surface area contributed by atoms with Gasteiger partial charge in [0.2, 0.25) is 0 Å². The number of nitrogens with one attached hydrogen (secondary N) is 1. The zero-order chi connectivity index (χ0) is 21.6. The van der Waals surface area contributed by atoms with Gasteiger partial charge in [-0.2, -0.15) is 0 Å². The molecule has 1 fully saturated rings. The minimum Gasteiger partial charge on any atom is -0.486 e. The molecule has 156 valence electrons. The molecule has 1 aliphatic heterocycles. The van der Waals surface area contributed by atoms with E-state index in [0.717, 1.165) is 25.9 Å². The molecule has 0 amide bonds. The summed E-state index contributed by atoms with van der Waals surface area (Å²) in [5.74, 6) is 0.563. The molecule has 2 radical (unpaired) electrons. The Kier molecular flexibility index (Phi) is 4.83. The number of aromatic nitrogens is 3. The Hall–Kier alpha value is -3.11. The third-order valence-electron chi connectivity index (χ3n) is 5.46. The molecule has 0 spiro atoms.